The quantitative estimate of drug-likeness (QED) is 0.917. The second-order valence-corrected chi connectivity index (χ2v) is 5.18. The van der Waals surface area contributed by atoms with E-state index in [4.69, 9.17) is 0 Å². The third-order valence-corrected chi connectivity index (χ3v) is 3.76. The van der Waals surface area contributed by atoms with Crippen molar-refractivity contribution in [3.8, 4) is 0 Å². The highest BCUT2D eigenvalue weighted by Gasteiger charge is 2.19. The summed E-state index contributed by atoms with van der Waals surface area (Å²) in [5, 5.41) is 3.41. The predicted molar refractivity (Wildman–Crippen MR) is 71.6 cm³/mol. The van der Waals surface area contributed by atoms with Crippen LogP contribution in [0.3, 0.4) is 0 Å². The van der Waals surface area contributed by atoms with Crippen LogP contribution in [0.2, 0.25) is 0 Å². The van der Waals surface area contributed by atoms with Crippen LogP contribution in [-0.2, 0) is 0 Å². The summed E-state index contributed by atoms with van der Waals surface area (Å²) in [6, 6.07) is 9.33. The third-order valence-electron chi connectivity index (χ3n) is 3.23. The van der Waals surface area contributed by atoms with Crippen molar-refractivity contribution in [3.63, 3.8) is 0 Å². The smallest absolute Gasteiger partial charge is 0.0346 e. The molecule has 1 aliphatic heterocycles. The van der Waals surface area contributed by atoms with Crippen molar-refractivity contribution >= 4 is 15.9 Å². The van der Waals surface area contributed by atoms with E-state index in [0.29, 0.717) is 6.04 Å². The van der Waals surface area contributed by atoms with Crippen molar-refractivity contribution in [2.75, 3.05) is 26.2 Å². The Labute approximate surface area is 106 Å². The van der Waals surface area contributed by atoms with Crippen molar-refractivity contribution in [2.24, 2.45) is 0 Å². The summed E-state index contributed by atoms with van der Waals surface area (Å²) in [7, 11) is 0. The van der Waals surface area contributed by atoms with Gasteiger partial charge >= 0.3 is 0 Å². The molecule has 0 bridgehead atoms. The van der Waals surface area contributed by atoms with Gasteiger partial charge in [-0.25, -0.2) is 0 Å². The molecule has 1 N–H and O–H groups in total. The highest BCUT2D eigenvalue weighted by Crippen LogP contribution is 2.25. The zero-order chi connectivity index (χ0) is 11.4. The molecule has 0 aliphatic carbocycles. The number of rotatable bonds is 3. The second kappa shape index (κ2) is 5.80. The van der Waals surface area contributed by atoms with E-state index in [1.807, 2.05) is 0 Å². The Morgan fingerprint density at radius 1 is 1.25 bits per heavy atom. The Morgan fingerprint density at radius 3 is 2.44 bits per heavy atom. The first-order chi connectivity index (χ1) is 7.81. The van der Waals surface area contributed by atoms with Crippen molar-refractivity contribution in [1.82, 2.24) is 10.2 Å². The molecule has 0 saturated carbocycles. The monoisotopic (exact) mass is 282 g/mol. The normalized spacial score (nSPS) is 19.6. The summed E-state index contributed by atoms with van der Waals surface area (Å²) in [4.78, 5) is 2.58. The first-order valence-corrected chi connectivity index (χ1v) is 6.81. The van der Waals surface area contributed by atoms with E-state index in [1.54, 1.807) is 0 Å². The van der Waals surface area contributed by atoms with E-state index < -0.39 is 0 Å². The molecule has 0 unspecified atom stereocenters. The molecule has 1 aromatic rings. The molecule has 2 rings (SSSR count). The minimum atomic E-state index is 0.579. The predicted octanol–water partition coefficient (Wildman–Crippen LogP) is 2.81. The molecule has 0 amide bonds. The van der Waals surface area contributed by atoms with Gasteiger partial charge in [0.1, 0.15) is 0 Å². The van der Waals surface area contributed by atoms with Crippen LogP contribution in [0.5, 0.6) is 0 Å². The lowest BCUT2D eigenvalue weighted by molar-refractivity contribution is 0.169. The van der Waals surface area contributed by atoms with Crippen molar-refractivity contribution in [1.29, 1.82) is 0 Å². The average Bonchev–Trinajstić information content (AvgIpc) is 2.34. The number of nitrogens with one attached hydrogen (secondary N) is 1. The average molecular weight is 283 g/mol. The van der Waals surface area contributed by atoms with Crippen LogP contribution in [0.15, 0.2) is 28.7 Å². The van der Waals surface area contributed by atoms with E-state index in [1.165, 1.54) is 12.0 Å². The number of hydrogen-bond acceptors (Lipinski definition) is 2. The summed E-state index contributed by atoms with van der Waals surface area (Å²) in [6.45, 7) is 6.83. The van der Waals surface area contributed by atoms with Gasteiger partial charge in [0.05, 0.1) is 0 Å². The lowest BCUT2D eigenvalue weighted by Crippen LogP contribution is -2.45. The molecular weight excluding hydrogens is 264 g/mol. The van der Waals surface area contributed by atoms with Crippen LogP contribution < -0.4 is 5.32 Å². The van der Waals surface area contributed by atoms with Gasteiger partial charge in [0.2, 0.25) is 0 Å². The van der Waals surface area contributed by atoms with Crippen LogP contribution in [0.1, 0.15) is 24.9 Å². The summed E-state index contributed by atoms with van der Waals surface area (Å²) in [6.07, 6.45) is 1.18. The van der Waals surface area contributed by atoms with Crippen LogP contribution in [0.4, 0.5) is 0 Å². The molecule has 1 aromatic carbocycles. The fourth-order valence-corrected chi connectivity index (χ4v) is 2.65. The molecular formula is C13H19BrN2. The SMILES string of the molecule is CC[C@H](c1ccc(Br)cc1)N1CCNCC1. The second-order valence-electron chi connectivity index (χ2n) is 4.26. The molecule has 88 valence electrons. The van der Waals surface area contributed by atoms with E-state index in [9.17, 15) is 0 Å². The maximum Gasteiger partial charge on any atom is 0.0346 e. The minimum Gasteiger partial charge on any atom is -0.314 e. The lowest BCUT2D eigenvalue weighted by Gasteiger charge is -2.34. The Morgan fingerprint density at radius 2 is 1.88 bits per heavy atom. The molecule has 2 nitrogen and oxygen atoms in total. The highest BCUT2D eigenvalue weighted by atomic mass is 79.9. The molecule has 0 aromatic heterocycles. The van der Waals surface area contributed by atoms with Crippen LogP contribution in [0, 0.1) is 0 Å². The van der Waals surface area contributed by atoms with Gasteiger partial charge in [-0.3, -0.25) is 4.90 Å². The van der Waals surface area contributed by atoms with Gasteiger partial charge in [0, 0.05) is 36.7 Å². The Balaban J connectivity index is 2.11. The third kappa shape index (κ3) is 2.84. The van der Waals surface area contributed by atoms with Crippen LogP contribution in [-0.4, -0.2) is 31.1 Å². The summed E-state index contributed by atoms with van der Waals surface area (Å²) in [5.74, 6) is 0. The molecule has 16 heavy (non-hydrogen) atoms. The molecule has 0 spiro atoms. The first kappa shape index (κ1) is 12.1. The van der Waals surface area contributed by atoms with Crippen molar-refractivity contribution < 1.29 is 0 Å². The van der Waals surface area contributed by atoms with E-state index in [2.05, 4.69) is 57.3 Å². The fraction of sp³-hybridized carbons (Fsp3) is 0.538. The van der Waals surface area contributed by atoms with Gasteiger partial charge in [0.15, 0.2) is 0 Å². The molecule has 1 aliphatic rings. The van der Waals surface area contributed by atoms with Crippen molar-refractivity contribution in [3.05, 3.63) is 34.3 Å². The van der Waals surface area contributed by atoms with Crippen molar-refractivity contribution in [2.45, 2.75) is 19.4 Å². The van der Waals surface area contributed by atoms with Crippen LogP contribution >= 0.6 is 15.9 Å². The molecule has 1 fully saturated rings. The maximum atomic E-state index is 3.49. The first-order valence-electron chi connectivity index (χ1n) is 6.01. The van der Waals surface area contributed by atoms with Gasteiger partial charge < -0.3 is 5.32 Å². The summed E-state index contributed by atoms with van der Waals surface area (Å²) < 4.78 is 1.16. The van der Waals surface area contributed by atoms with E-state index in [-0.39, 0.29) is 0 Å². The highest BCUT2D eigenvalue weighted by molar-refractivity contribution is 9.10. The fourth-order valence-electron chi connectivity index (χ4n) is 2.38. The Bertz CT molecular complexity index is 317. The number of nitrogens with zero attached hydrogens (tertiary/aromatic N) is 1. The van der Waals surface area contributed by atoms with Gasteiger partial charge in [0.25, 0.3) is 0 Å². The van der Waals surface area contributed by atoms with Gasteiger partial charge in [-0.2, -0.15) is 0 Å². The number of piperazine rings is 1. The molecule has 1 saturated heterocycles. The van der Waals surface area contributed by atoms with Gasteiger partial charge in [-0.05, 0) is 24.1 Å². The zero-order valence-electron chi connectivity index (χ0n) is 9.75. The number of halogens is 1. The van der Waals surface area contributed by atoms with Gasteiger partial charge in [-0.15, -0.1) is 0 Å². The van der Waals surface area contributed by atoms with E-state index >= 15 is 0 Å². The largest absolute Gasteiger partial charge is 0.314 e. The zero-order valence-corrected chi connectivity index (χ0v) is 11.3. The summed E-state index contributed by atoms with van der Waals surface area (Å²) in [5.41, 5.74) is 1.44. The van der Waals surface area contributed by atoms with Crippen LogP contribution in [0.25, 0.3) is 0 Å². The summed E-state index contributed by atoms with van der Waals surface area (Å²) >= 11 is 3.49. The standard InChI is InChI=1S/C13H19BrN2/c1-2-13(16-9-7-15-8-10-16)11-3-5-12(14)6-4-11/h3-6,13,15H,2,7-10H2,1H3/t13-/m1/s1. The topological polar surface area (TPSA) is 15.3 Å². The maximum absolute atomic E-state index is 3.49. The molecule has 0 radical (unpaired) electrons. The molecule has 1 heterocycles. The minimum absolute atomic E-state index is 0.579. The lowest BCUT2D eigenvalue weighted by atomic mass is 10.0. The van der Waals surface area contributed by atoms with Gasteiger partial charge in [-0.1, -0.05) is 35.0 Å². The number of hydrogen-bond donors (Lipinski definition) is 1. The number of benzene rings is 1. The Kier molecular flexibility index (Phi) is 4.38. The van der Waals surface area contributed by atoms with E-state index in [0.717, 1.165) is 30.7 Å². The molecule has 1 atom stereocenters. The Hall–Kier alpha value is -0.380. The molecule has 3 heteroatoms.